The fourth-order valence-corrected chi connectivity index (χ4v) is 3.65. The molecule has 3 rings (SSSR count). The second-order valence-corrected chi connectivity index (χ2v) is 7.36. The van der Waals surface area contributed by atoms with Crippen LogP contribution in [0.2, 0.25) is 0 Å². The summed E-state index contributed by atoms with van der Waals surface area (Å²) >= 11 is 0. The van der Waals surface area contributed by atoms with Gasteiger partial charge in [0.2, 0.25) is 5.91 Å². The largest absolute Gasteiger partial charge is 0.377 e. The molecular formula is C20H31N3O2. The van der Waals surface area contributed by atoms with E-state index in [0.29, 0.717) is 12.6 Å². The zero-order valence-electron chi connectivity index (χ0n) is 15.6. The Bertz CT molecular complexity index is 576. The van der Waals surface area contributed by atoms with Gasteiger partial charge in [-0.2, -0.15) is 0 Å². The average Bonchev–Trinajstić information content (AvgIpc) is 2.62. The number of nitrogens with one attached hydrogen (secondary N) is 1. The van der Waals surface area contributed by atoms with Crippen molar-refractivity contribution in [2.45, 2.75) is 39.2 Å². The van der Waals surface area contributed by atoms with Gasteiger partial charge in [0.15, 0.2) is 0 Å². The Labute approximate surface area is 151 Å². The number of hydrogen-bond acceptors (Lipinski definition) is 4. The molecule has 0 spiro atoms. The summed E-state index contributed by atoms with van der Waals surface area (Å²) in [5, 5.41) is 3.06. The first-order valence-corrected chi connectivity index (χ1v) is 9.54. The van der Waals surface area contributed by atoms with Crippen LogP contribution in [-0.4, -0.2) is 67.7 Å². The highest BCUT2D eigenvalue weighted by atomic mass is 16.5. The first kappa shape index (κ1) is 18.4. The van der Waals surface area contributed by atoms with E-state index in [1.807, 2.05) is 12.1 Å². The molecule has 138 valence electrons. The maximum absolute atomic E-state index is 12.4. The van der Waals surface area contributed by atoms with Gasteiger partial charge in [-0.05, 0) is 50.3 Å². The zero-order valence-corrected chi connectivity index (χ0v) is 15.6. The van der Waals surface area contributed by atoms with Crippen LogP contribution in [0.15, 0.2) is 18.2 Å². The Morgan fingerprint density at radius 3 is 2.64 bits per heavy atom. The molecule has 2 fully saturated rings. The van der Waals surface area contributed by atoms with Crippen LogP contribution in [0.4, 0.5) is 5.69 Å². The Balaban J connectivity index is 1.41. The summed E-state index contributed by atoms with van der Waals surface area (Å²) in [7, 11) is 0. The Hall–Kier alpha value is -1.43. The number of carbonyl (C=O) groups is 1. The van der Waals surface area contributed by atoms with Gasteiger partial charge >= 0.3 is 0 Å². The van der Waals surface area contributed by atoms with Crippen molar-refractivity contribution in [2.75, 3.05) is 51.2 Å². The quantitative estimate of drug-likeness (QED) is 0.890. The smallest absolute Gasteiger partial charge is 0.238 e. The zero-order chi connectivity index (χ0) is 17.6. The number of aryl methyl sites for hydroxylation is 1. The topological polar surface area (TPSA) is 44.8 Å². The van der Waals surface area contributed by atoms with E-state index in [1.165, 1.54) is 24.8 Å². The fraction of sp³-hybridized carbons (Fsp3) is 0.650. The van der Waals surface area contributed by atoms with Crippen LogP contribution in [-0.2, 0) is 9.53 Å². The molecule has 0 saturated carbocycles. The minimum Gasteiger partial charge on any atom is -0.377 e. The molecule has 2 saturated heterocycles. The maximum atomic E-state index is 12.4. The standard InChI is InChI=1S/C20H31N3O2/c1-16-6-5-8-19(17(16)2)21-20(24)15-23-11-9-22(10-12-23)14-18-7-3-4-13-25-18/h5-6,8,18H,3-4,7,9-15H2,1-2H3,(H,21,24)/t18-/m0/s1. The lowest BCUT2D eigenvalue weighted by Gasteiger charge is -2.36. The molecule has 25 heavy (non-hydrogen) atoms. The number of ether oxygens (including phenoxy) is 1. The number of amides is 1. The van der Waals surface area contributed by atoms with Gasteiger partial charge in [0, 0.05) is 45.0 Å². The maximum Gasteiger partial charge on any atom is 0.238 e. The Kier molecular flexibility index (Phi) is 6.45. The molecule has 1 aromatic carbocycles. The molecule has 1 aromatic rings. The van der Waals surface area contributed by atoms with Gasteiger partial charge in [0.1, 0.15) is 0 Å². The van der Waals surface area contributed by atoms with E-state index >= 15 is 0 Å². The molecule has 5 heteroatoms. The second-order valence-electron chi connectivity index (χ2n) is 7.36. The second kappa shape index (κ2) is 8.79. The molecular weight excluding hydrogens is 314 g/mol. The van der Waals surface area contributed by atoms with Crippen molar-refractivity contribution < 1.29 is 9.53 Å². The molecule has 1 amide bonds. The number of hydrogen-bond donors (Lipinski definition) is 1. The van der Waals surface area contributed by atoms with Crippen molar-refractivity contribution in [3.8, 4) is 0 Å². The van der Waals surface area contributed by atoms with E-state index in [2.05, 4.69) is 35.0 Å². The third kappa shape index (κ3) is 5.27. The summed E-state index contributed by atoms with van der Waals surface area (Å²) in [6.07, 6.45) is 4.11. The van der Waals surface area contributed by atoms with E-state index in [9.17, 15) is 4.79 Å². The van der Waals surface area contributed by atoms with Crippen molar-refractivity contribution in [2.24, 2.45) is 0 Å². The minimum atomic E-state index is 0.0813. The molecule has 0 bridgehead atoms. The van der Waals surface area contributed by atoms with Crippen LogP contribution in [0, 0.1) is 13.8 Å². The predicted molar refractivity (Wildman–Crippen MR) is 101 cm³/mol. The molecule has 2 heterocycles. The molecule has 0 radical (unpaired) electrons. The number of carbonyl (C=O) groups excluding carboxylic acids is 1. The van der Waals surface area contributed by atoms with Crippen LogP contribution >= 0.6 is 0 Å². The van der Waals surface area contributed by atoms with E-state index in [-0.39, 0.29) is 5.91 Å². The Morgan fingerprint density at radius 2 is 1.92 bits per heavy atom. The van der Waals surface area contributed by atoms with Crippen LogP contribution in [0.1, 0.15) is 30.4 Å². The van der Waals surface area contributed by atoms with Gasteiger partial charge in [-0.3, -0.25) is 14.6 Å². The highest BCUT2D eigenvalue weighted by Crippen LogP contribution is 2.18. The summed E-state index contributed by atoms with van der Waals surface area (Å²) < 4.78 is 5.84. The highest BCUT2D eigenvalue weighted by Gasteiger charge is 2.23. The predicted octanol–water partition coefficient (Wildman–Crippen LogP) is 2.43. The average molecular weight is 345 g/mol. The number of nitrogens with zero attached hydrogens (tertiary/aromatic N) is 2. The SMILES string of the molecule is Cc1cccc(NC(=O)CN2CCN(C[C@@H]3CCCCO3)CC2)c1C. The monoisotopic (exact) mass is 345 g/mol. The molecule has 1 atom stereocenters. The lowest BCUT2D eigenvalue weighted by Crippen LogP contribution is -2.50. The first-order chi connectivity index (χ1) is 12.1. The third-order valence-corrected chi connectivity index (χ3v) is 5.45. The van der Waals surface area contributed by atoms with Gasteiger partial charge in [0.25, 0.3) is 0 Å². The van der Waals surface area contributed by atoms with Gasteiger partial charge in [-0.15, -0.1) is 0 Å². The van der Waals surface area contributed by atoms with Gasteiger partial charge in [-0.25, -0.2) is 0 Å². The summed E-state index contributed by atoms with van der Waals surface area (Å²) in [6, 6.07) is 6.03. The van der Waals surface area contributed by atoms with Crippen molar-refractivity contribution in [3.63, 3.8) is 0 Å². The van der Waals surface area contributed by atoms with Crippen LogP contribution in [0.3, 0.4) is 0 Å². The normalized spacial score (nSPS) is 22.7. The van der Waals surface area contributed by atoms with Crippen LogP contribution < -0.4 is 5.32 Å². The number of piperazine rings is 1. The van der Waals surface area contributed by atoms with Crippen molar-refractivity contribution >= 4 is 11.6 Å². The lowest BCUT2D eigenvalue weighted by molar-refractivity contribution is -0.117. The third-order valence-electron chi connectivity index (χ3n) is 5.45. The highest BCUT2D eigenvalue weighted by molar-refractivity contribution is 5.93. The molecule has 2 aliphatic heterocycles. The first-order valence-electron chi connectivity index (χ1n) is 9.54. The van der Waals surface area contributed by atoms with E-state index < -0.39 is 0 Å². The molecule has 0 aliphatic carbocycles. The molecule has 0 unspecified atom stereocenters. The number of rotatable bonds is 5. The van der Waals surface area contributed by atoms with E-state index in [1.54, 1.807) is 0 Å². The van der Waals surface area contributed by atoms with E-state index in [0.717, 1.165) is 50.6 Å². The van der Waals surface area contributed by atoms with Crippen LogP contribution in [0.5, 0.6) is 0 Å². The van der Waals surface area contributed by atoms with Gasteiger partial charge < -0.3 is 10.1 Å². The molecule has 1 N–H and O–H groups in total. The molecule has 0 aromatic heterocycles. The van der Waals surface area contributed by atoms with Crippen molar-refractivity contribution in [3.05, 3.63) is 29.3 Å². The number of anilines is 1. The minimum absolute atomic E-state index is 0.0813. The summed E-state index contributed by atoms with van der Waals surface area (Å²) in [5.41, 5.74) is 3.28. The molecule has 5 nitrogen and oxygen atoms in total. The summed E-state index contributed by atoms with van der Waals surface area (Å²) in [4.78, 5) is 17.1. The summed E-state index contributed by atoms with van der Waals surface area (Å²) in [5.74, 6) is 0.0813. The van der Waals surface area contributed by atoms with Crippen LogP contribution in [0.25, 0.3) is 0 Å². The van der Waals surface area contributed by atoms with Gasteiger partial charge in [-0.1, -0.05) is 12.1 Å². The van der Waals surface area contributed by atoms with Gasteiger partial charge in [0.05, 0.1) is 12.6 Å². The van der Waals surface area contributed by atoms with Crippen molar-refractivity contribution in [1.82, 2.24) is 9.80 Å². The fourth-order valence-electron chi connectivity index (χ4n) is 3.65. The summed E-state index contributed by atoms with van der Waals surface area (Å²) in [6.45, 7) is 10.5. The molecule has 2 aliphatic rings. The lowest BCUT2D eigenvalue weighted by atomic mass is 10.1. The number of benzene rings is 1. The van der Waals surface area contributed by atoms with E-state index in [4.69, 9.17) is 4.74 Å². The van der Waals surface area contributed by atoms with Crippen molar-refractivity contribution in [1.29, 1.82) is 0 Å². The Morgan fingerprint density at radius 1 is 1.16 bits per heavy atom.